The minimum Gasteiger partial charge on any atom is -0.478 e. The lowest BCUT2D eigenvalue weighted by Crippen LogP contribution is -2.31. The molecule has 0 fully saturated rings. The molecular weight excluding hydrogens is 430 g/mol. The van der Waals surface area contributed by atoms with E-state index < -0.39 is 5.97 Å². The van der Waals surface area contributed by atoms with E-state index in [1.165, 1.54) is 0 Å². The summed E-state index contributed by atoms with van der Waals surface area (Å²) >= 11 is 7.51. The molecule has 0 unspecified atom stereocenters. The van der Waals surface area contributed by atoms with Gasteiger partial charge in [-0.3, -0.25) is 4.79 Å². The molecule has 3 rings (SSSR count). The van der Waals surface area contributed by atoms with E-state index in [2.05, 4.69) is 0 Å². The molecule has 0 bridgehead atoms. The number of aromatic carboxylic acids is 1. The summed E-state index contributed by atoms with van der Waals surface area (Å²) in [5.41, 5.74) is 3.13. The largest absolute Gasteiger partial charge is 0.478 e. The summed E-state index contributed by atoms with van der Waals surface area (Å²) in [6.07, 6.45) is 0.341. The standard InChI is InChI=1S/C25H24ClNO3S/c1-2-27(16-19-7-11-21(26)12-8-19)24(28)15-18-9-13-22(14-10-18)31-17-20-5-3-4-6-23(20)25(29)30/h3-14H,2,15-17H2,1H3,(H,29,30). The topological polar surface area (TPSA) is 57.6 Å². The van der Waals surface area contributed by atoms with Crippen LogP contribution in [0.1, 0.15) is 34.0 Å². The van der Waals surface area contributed by atoms with Gasteiger partial charge in [0, 0.05) is 28.8 Å². The zero-order chi connectivity index (χ0) is 22.2. The summed E-state index contributed by atoms with van der Waals surface area (Å²) < 4.78 is 0. The van der Waals surface area contributed by atoms with E-state index in [1.807, 2.05) is 72.5 Å². The van der Waals surface area contributed by atoms with Crippen LogP contribution in [0.15, 0.2) is 77.7 Å². The molecule has 1 amide bonds. The summed E-state index contributed by atoms with van der Waals surface area (Å²) in [6, 6.07) is 22.5. The molecule has 31 heavy (non-hydrogen) atoms. The van der Waals surface area contributed by atoms with Crippen LogP contribution in [-0.2, 0) is 23.5 Å². The number of hydrogen-bond acceptors (Lipinski definition) is 3. The Morgan fingerprint density at radius 1 is 0.935 bits per heavy atom. The van der Waals surface area contributed by atoms with E-state index in [0.29, 0.717) is 35.8 Å². The van der Waals surface area contributed by atoms with Crippen LogP contribution in [0.25, 0.3) is 0 Å². The van der Waals surface area contributed by atoms with Crippen molar-refractivity contribution in [2.75, 3.05) is 6.54 Å². The van der Waals surface area contributed by atoms with Crippen LogP contribution in [0.2, 0.25) is 5.02 Å². The maximum atomic E-state index is 12.8. The lowest BCUT2D eigenvalue weighted by atomic mass is 10.1. The van der Waals surface area contributed by atoms with Gasteiger partial charge in [0.05, 0.1) is 12.0 Å². The highest BCUT2D eigenvalue weighted by atomic mass is 35.5. The molecule has 160 valence electrons. The molecule has 3 aromatic carbocycles. The predicted molar refractivity (Wildman–Crippen MR) is 126 cm³/mol. The fourth-order valence-electron chi connectivity index (χ4n) is 3.19. The number of thioether (sulfide) groups is 1. The highest BCUT2D eigenvalue weighted by molar-refractivity contribution is 7.98. The second-order valence-corrected chi connectivity index (χ2v) is 8.59. The average Bonchev–Trinajstić information content (AvgIpc) is 2.78. The van der Waals surface area contributed by atoms with E-state index in [4.69, 9.17) is 11.6 Å². The van der Waals surface area contributed by atoms with Crippen molar-refractivity contribution in [3.63, 3.8) is 0 Å². The summed E-state index contributed by atoms with van der Waals surface area (Å²) in [5, 5.41) is 9.99. The summed E-state index contributed by atoms with van der Waals surface area (Å²) in [7, 11) is 0. The van der Waals surface area contributed by atoms with E-state index in [9.17, 15) is 14.7 Å². The van der Waals surface area contributed by atoms with Gasteiger partial charge in [0.15, 0.2) is 0 Å². The Balaban J connectivity index is 1.57. The van der Waals surface area contributed by atoms with Crippen LogP contribution < -0.4 is 0 Å². The quantitative estimate of drug-likeness (QED) is 0.408. The van der Waals surface area contributed by atoms with Crippen LogP contribution in [0.4, 0.5) is 0 Å². The van der Waals surface area contributed by atoms with E-state index in [-0.39, 0.29) is 5.91 Å². The normalized spacial score (nSPS) is 10.6. The SMILES string of the molecule is CCN(Cc1ccc(Cl)cc1)C(=O)Cc1ccc(SCc2ccccc2C(=O)O)cc1. The Morgan fingerprint density at radius 2 is 1.58 bits per heavy atom. The van der Waals surface area contributed by atoms with Crippen LogP contribution in [0, 0.1) is 0 Å². The highest BCUT2D eigenvalue weighted by Crippen LogP contribution is 2.25. The summed E-state index contributed by atoms with van der Waals surface area (Å²) in [6.45, 7) is 3.17. The van der Waals surface area contributed by atoms with Crippen molar-refractivity contribution in [3.05, 3.63) is 100 Å². The van der Waals surface area contributed by atoms with Gasteiger partial charge in [-0.25, -0.2) is 4.79 Å². The lowest BCUT2D eigenvalue weighted by Gasteiger charge is -2.21. The molecule has 1 N–H and O–H groups in total. The van der Waals surface area contributed by atoms with Crippen molar-refractivity contribution in [2.45, 2.75) is 30.5 Å². The van der Waals surface area contributed by atoms with Crippen molar-refractivity contribution >= 4 is 35.2 Å². The molecule has 0 heterocycles. The molecule has 0 aromatic heterocycles. The lowest BCUT2D eigenvalue weighted by molar-refractivity contribution is -0.130. The monoisotopic (exact) mass is 453 g/mol. The highest BCUT2D eigenvalue weighted by Gasteiger charge is 2.13. The first-order chi connectivity index (χ1) is 15.0. The first kappa shape index (κ1) is 22.9. The van der Waals surface area contributed by atoms with E-state index >= 15 is 0 Å². The maximum absolute atomic E-state index is 12.8. The number of carboxylic acid groups (broad SMARTS) is 1. The number of amides is 1. The van der Waals surface area contributed by atoms with E-state index in [1.54, 1.807) is 23.9 Å². The predicted octanol–water partition coefficient (Wildman–Crippen LogP) is 5.92. The Kier molecular flexibility index (Phi) is 8.15. The number of nitrogens with zero attached hydrogens (tertiary/aromatic N) is 1. The number of carbonyl (C=O) groups is 2. The molecule has 6 heteroatoms. The third-order valence-corrected chi connectivity index (χ3v) is 6.25. The van der Waals surface area contributed by atoms with Gasteiger partial charge in [-0.2, -0.15) is 0 Å². The molecular formula is C25H24ClNO3S. The Labute approximate surface area is 191 Å². The molecule has 0 spiro atoms. The first-order valence-corrected chi connectivity index (χ1v) is 11.4. The van der Waals surface area contributed by atoms with Gasteiger partial charge in [-0.1, -0.05) is 54.1 Å². The van der Waals surface area contributed by atoms with Crippen molar-refractivity contribution in [2.24, 2.45) is 0 Å². The summed E-state index contributed by atoms with van der Waals surface area (Å²) in [4.78, 5) is 27.0. The fourth-order valence-corrected chi connectivity index (χ4v) is 4.22. The number of halogens is 1. The number of likely N-dealkylation sites (N-methyl/N-ethyl adjacent to an activating group) is 1. The fraction of sp³-hybridized carbons (Fsp3) is 0.200. The molecule has 0 aliphatic heterocycles. The van der Waals surface area contributed by atoms with Crippen molar-refractivity contribution in [1.29, 1.82) is 0 Å². The van der Waals surface area contributed by atoms with Crippen LogP contribution in [0.3, 0.4) is 0 Å². The smallest absolute Gasteiger partial charge is 0.335 e. The number of rotatable bonds is 9. The van der Waals surface area contributed by atoms with Gasteiger partial charge < -0.3 is 10.0 Å². The van der Waals surface area contributed by atoms with E-state index in [0.717, 1.165) is 21.6 Å². The third-order valence-electron chi connectivity index (χ3n) is 4.94. The number of carbonyl (C=O) groups excluding carboxylic acids is 1. The molecule has 4 nitrogen and oxygen atoms in total. The van der Waals surface area contributed by atoms with Gasteiger partial charge in [-0.05, 0) is 53.9 Å². The zero-order valence-electron chi connectivity index (χ0n) is 17.3. The molecule has 0 saturated carbocycles. The van der Waals surface area contributed by atoms with Gasteiger partial charge in [0.1, 0.15) is 0 Å². The molecule has 3 aromatic rings. The molecule has 0 radical (unpaired) electrons. The number of benzene rings is 3. The van der Waals surface area contributed by atoms with Crippen molar-refractivity contribution in [3.8, 4) is 0 Å². The van der Waals surface area contributed by atoms with Gasteiger partial charge in [0.25, 0.3) is 0 Å². The zero-order valence-corrected chi connectivity index (χ0v) is 18.8. The van der Waals surface area contributed by atoms with Gasteiger partial charge >= 0.3 is 5.97 Å². The van der Waals surface area contributed by atoms with Gasteiger partial charge in [-0.15, -0.1) is 11.8 Å². The minimum absolute atomic E-state index is 0.0771. The number of hydrogen-bond donors (Lipinski definition) is 1. The molecule has 0 atom stereocenters. The molecule has 0 saturated heterocycles. The summed E-state index contributed by atoms with van der Waals surface area (Å²) in [5.74, 6) is -0.261. The Hall–Kier alpha value is -2.76. The molecule has 0 aliphatic carbocycles. The molecule has 0 aliphatic rings. The first-order valence-electron chi connectivity index (χ1n) is 10.0. The maximum Gasteiger partial charge on any atom is 0.335 e. The van der Waals surface area contributed by atoms with Crippen LogP contribution >= 0.6 is 23.4 Å². The average molecular weight is 454 g/mol. The Morgan fingerprint density at radius 3 is 2.23 bits per heavy atom. The van der Waals surface area contributed by atoms with Gasteiger partial charge in [0.2, 0.25) is 5.91 Å². The minimum atomic E-state index is -0.913. The Bertz CT molecular complexity index is 1040. The third kappa shape index (κ3) is 6.61. The number of carboxylic acids is 1. The van der Waals surface area contributed by atoms with Crippen LogP contribution in [-0.4, -0.2) is 28.4 Å². The second kappa shape index (κ2) is 11.0. The van der Waals surface area contributed by atoms with Crippen LogP contribution in [0.5, 0.6) is 0 Å². The van der Waals surface area contributed by atoms with Crippen molar-refractivity contribution < 1.29 is 14.7 Å². The van der Waals surface area contributed by atoms with Crippen molar-refractivity contribution in [1.82, 2.24) is 4.90 Å². The second-order valence-electron chi connectivity index (χ2n) is 7.11.